The lowest BCUT2D eigenvalue weighted by Crippen LogP contribution is -2.49. The number of carbonyl (C=O) groups excluding carboxylic acids is 1. The molecule has 1 fully saturated rings. The van der Waals surface area contributed by atoms with Crippen LogP contribution < -0.4 is 4.90 Å². The molecular weight excluding hydrogens is 405 g/mol. The molecule has 160 valence electrons. The number of anilines is 1. The molecule has 1 aliphatic heterocycles. The second kappa shape index (κ2) is 8.37. The number of carbonyl (C=O) groups is 1. The van der Waals surface area contributed by atoms with Crippen molar-refractivity contribution in [3.63, 3.8) is 0 Å². The predicted octanol–water partition coefficient (Wildman–Crippen LogP) is 4.43. The van der Waals surface area contributed by atoms with Gasteiger partial charge in [0.25, 0.3) is 5.91 Å². The second-order valence-electron chi connectivity index (χ2n) is 7.41. The van der Waals surface area contributed by atoms with Gasteiger partial charge in [0.2, 0.25) is 0 Å². The molecule has 31 heavy (non-hydrogen) atoms. The number of amides is 1. The van der Waals surface area contributed by atoms with Gasteiger partial charge in [0.1, 0.15) is 5.82 Å². The van der Waals surface area contributed by atoms with Gasteiger partial charge in [0, 0.05) is 49.1 Å². The van der Waals surface area contributed by atoms with Gasteiger partial charge in [0.05, 0.1) is 5.56 Å². The third-order valence-corrected chi connectivity index (χ3v) is 5.22. The van der Waals surface area contributed by atoms with E-state index < -0.39 is 11.7 Å². The van der Waals surface area contributed by atoms with Crippen LogP contribution in [0, 0.1) is 6.92 Å². The Hall–Kier alpha value is -3.42. The molecule has 0 bridgehead atoms. The first-order chi connectivity index (χ1) is 14.8. The molecule has 0 unspecified atom stereocenters. The van der Waals surface area contributed by atoms with E-state index in [1.807, 2.05) is 36.1 Å². The standard InChI is InChI=1S/C23H21F3N4O/c1-16-15-20(28-21(27-16)17-7-9-19(10-8-17)23(24,25)26)29-11-13-30(14-12-29)22(31)18-5-3-2-4-6-18/h2-10,15H,11-14H2,1H3. The highest BCUT2D eigenvalue weighted by Crippen LogP contribution is 2.30. The molecule has 0 spiro atoms. The SMILES string of the molecule is Cc1cc(N2CCN(C(=O)c3ccccc3)CC2)nc(-c2ccc(C(F)(F)F)cc2)n1. The first-order valence-corrected chi connectivity index (χ1v) is 9.94. The van der Waals surface area contributed by atoms with Crippen molar-refractivity contribution < 1.29 is 18.0 Å². The maximum Gasteiger partial charge on any atom is 0.416 e. The van der Waals surface area contributed by atoms with Crippen LogP contribution in [0.5, 0.6) is 0 Å². The summed E-state index contributed by atoms with van der Waals surface area (Å²) in [7, 11) is 0. The fourth-order valence-electron chi connectivity index (χ4n) is 3.55. The van der Waals surface area contributed by atoms with E-state index in [1.165, 1.54) is 12.1 Å². The van der Waals surface area contributed by atoms with Gasteiger partial charge in [-0.25, -0.2) is 9.97 Å². The molecule has 0 saturated carbocycles. The highest BCUT2D eigenvalue weighted by Gasteiger charge is 2.30. The summed E-state index contributed by atoms with van der Waals surface area (Å²) in [5, 5.41) is 0. The van der Waals surface area contributed by atoms with Crippen LogP contribution in [0.15, 0.2) is 60.7 Å². The number of alkyl halides is 3. The highest BCUT2D eigenvalue weighted by atomic mass is 19.4. The summed E-state index contributed by atoms with van der Waals surface area (Å²) >= 11 is 0. The number of aromatic nitrogens is 2. The van der Waals surface area contributed by atoms with E-state index in [4.69, 9.17) is 0 Å². The predicted molar refractivity (Wildman–Crippen MR) is 112 cm³/mol. The summed E-state index contributed by atoms with van der Waals surface area (Å²) in [6.45, 7) is 4.18. The summed E-state index contributed by atoms with van der Waals surface area (Å²) in [5.41, 5.74) is 1.21. The summed E-state index contributed by atoms with van der Waals surface area (Å²) in [5.74, 6) is 1.09. The number of halogens is 3. The summed E-state index contributed by atoms with van der Waals surface area (Å²) < 4.78 is 38.5. The maximum absolute atomic E-state index is 12.8. The van der Waals surface area contributed by atoms with Gasteiger partial charge >= 0.3 is 6.18 Å². The number of hydrogen-bond acceptors (Lipinski definition) is 4. The Labute approximate surface area is 178 Å². The second-order valence-corrected chi connectivity index (χ2v) is 7.41. The topological polar surface area (TPSA) is 49.3 Å². The quantitative estimate of drug-likeness (QED) is 0.622. The lowest BCUT2D eigenvalue weighted by atomic mass is 10.1. The summed E-state index contributed by atoms with van der Waals surface area (Å²) in [6, 6.07) is 15.9. The van der Waals surface area contributed by atoms with Gasteiger partial charge in [-0.2, -0.15) is 13.2 Å². The van der Waals surface area contributed by atoms with Gasteiger partial charge in [-0.05, 0) is 31.2 Å². The zero-order valence-corrected chi connectivity index (χ0v) is 16.9. The van der Waals surface area contributed by atoms with E-state index >= 15 is 0 Å². The average Bonchev–Trinajstić information content (AvgIpc) is 2.78. The molecule has 1 amide bonds. The van der Waals surface area contributed by atoms with E-state index in [0.717, 1.165) is 17.8 Å². The molecule has 0 radical (unpaired) electrons. The Morgan fingerprint density at radius 3 is 2.16 bits per heavy atom. The highest BCUT2D eigenvalue weighted by molar-refractivity contribution is 5.94. The van der Waals surface area contributed by atoms with Crippen LogP contribution in [0.25, 0.3) is 11.4 Å². The smallest absolute Gasteiger partial charge is 0.353 e. The lowest BCUT2D eigenvalue weighted by Gasteiger charge is -2.35. The maximum atomic E-state index is 12.8. The first-order valence-electron chi connectivity index (χ1n) is 9.94. The number of benzene rings is 2. The van der Waals surface area contributed by atoms with E-state index in [0.29, 0.717) is 48.9 Å². The van der Waals surface area contributed by atoms with Crippen molar-refractivity contribution in [2.24, 2.45) is 0 Å². The van der Waals surface area contributed by atoms with E-state index in [-0.39, 0.29) is 5.91 Å². The normalized spacial score (nSPS) is 14.6. The molecule has 0 atom stereocenters. The minimum atomic E-state index is -4.38. The van der Waals surface area contributed by atoms with Crippen molar-refractivity contribution in [3.8, 4) is 11.4 Å². The number of rotatable bonds is 3. The van der Waals surface area contributed by atoms with Gasteiger partial charge in [0.15, 0.2) is 5.82 Å². The summed E-state index contributed by atoms with van der Waals surface area (Å²) in [4.78, 5) is 25.5. The third-order valence-electron chi connectivity index (χ3n) is 5.22. The van der Waals surface area contributed by atoms with Crippen LogP contribution in [0.3, 0.4) is 0 Å². The molecule has 1 aromatic heterocycles. The van der Waals surface area contributed by atoms with Crippen molar-refractivity contribution in [1.82, 2.24) is 14.9 Å². The number of nitrogens with zero attached hydrogens (tertiary/aromatic N) is 4. The van der Waals surface area contributed by atoms with Crippen molar-refractivity contribution in [2.75, 3.05) is 31.1 Å². The monoisotopic (exact) mass is 426 g/mol. The fraction of sp³-hybridized carbons (Fsp3) is 0.261. The molecule has 4 rings (SSSR count). The minimum Gasteiger partial charge on any atom is -0.353 e. The van der Waals surface area contributed by atoms with Gasteiger partial charge in [-0.15, -0.1) is 0 Å². The van der Waals surface area contributed by atoms with Gasteiger partial charge in [-0.1, -0.05) is 30.3 Å². The van der Waals surface area contributed by atoms with Gasteiger partial charge in [-0.3, -0.25) is 4.79 Å². The first kappa shape index (κ1) is 20.8. The zero-order valence-electron chi connectivity index (χ0n) is 16.9. The average molecular weight is 426 g/mol. The molecule has 3 aromatic rings. The fourth-order valence-corrected chi connectivity index (χ4v) is 3.55. The third kappa shape index (κ3) is 4.68. The van der Waals surface area contributed by atoms with Crippen LogP contribution in [-0.4, -0.2) is 47.0 Å². The zero-order chi connectivity index (χ0) is 22.0. The van der Waals surface area contributed by atoms with Crippen LogP contribution in [0.2, 0.25) is 0 Å². The molecule has 1 saturated heterocycles. The molecule has 1 aliphatic rings. The molecule has 0 N–H and O–H groups in total. The molecule has 5 nitrogen and oxygen atoms in total. The Morgan fingerprint density at radius 1 is 0.903 bits per heavy atom. The Bertz CT molecular complexity index is 1060. The Kier molecular flexibility index (Phi) is 5.63. The number of hydrogen-bond donors (Lipinski definition) is 0. The van der Waals surface area contributed by atoms with Crippen molar-refractivity contribution in [3.05, 3.63) is 77.5 Å². The van der Waals surface area contributed by atoms with Crippen molar-refractivity contribution in [2.45, 2.75) is 13.1 Å². The van der Waals surface area contributed by atoms with E-state index in [1.54, 1.807) is 12.1 Å². The van der Waals surface area contributed by atoms with Crippen molar-refractivity contribution in [1.29, 1.82) is 0 Å². The molecule has 2 aromatic carbocycles. The molecule has 2 heterocycles. The van der Waals surface area contributed by atoms with Crippen molar-refractivity contribution >= 4 is 11.7 Å². The largest absolute Gasteiger partial charge is 0.416 e. The van der Waals surface area contributed by atoms with Crippen LogP contribution >= 0.6 is 0 Å². The minimum absolute atomic E-state index is 0.00422. The molecular formula is C23H21F3N4O. The Balaban J connectivity index is 1.49. The Morgan fingerprint density at radius 2 is 1.55 bits per heavy atom. The van der Waals surface area contributed by atoms with Gasteiger partial charge < -0.3 is 9.80 Å². The molecule has 8 heteroatoms. The lowest BCUT2D eigenvalue weighted by molar-refractivity contribution is -0.137. The van der Waals surface area contributed by atoms with E-state index in [9.17, 15) is 18.0 Å². The number of piperazine rings is 1. The van der Waals surface area contributed by atoms with Crippen LogP contribution in [-0.2, 0) is 6.18 Å². The molecule has 0 aliphatic carbocycles. The van der Waals surface area contributed by atoms with Crippen LogP contribution in [0.4, 0.5) is 19.0 Å². The van der Waals surface area contributed by atoms with Crippen LogP contribution in [0.1, 0.15) is 21.6 Å². The van der Waals surface area contributed by atoms with E-state index in [2.05, 4.69) is 14.9 Å². The number of aryl methyl sites for hydroxylation is 1. The summed E-state index contributed by atoms with van der Waals surface area (Å²) in [6.07, 6.45) is -4.38.